The van der Waals surface area contributed by atoms with E-state index in [0.29, 0.717) is 0 Å². The van der Waals surface area contributed by atoms with Gasteiger partial charge in [0.25, 0.3) is 0 Å². The SMILES string of the molecule is CC1C(C(=O)O)CCN1CCCCc1ccccc1. The molecule has 1 fully saturated rings. The molecule has 1 aliphatic heterocycles. The highest BCUT2D eigenvalue weighted by Gasteiger charge is 2.34. The van der Waals surface area contributed by atoms with E-state index in [1.807, 2.05) is 13.0 Å². The minimum absolute atomic E-state index is 0.172. The first-order valence-electron chi connectivity index (χ1n) is 7.19. The lowest BCUT2D eigenvalue weighted by atomic mass is 10.0. The lowest BCUT2D eigenvalue weighted by Crippen LogP contribution is -2.33. The van der Waals surface area contributed by atoms with Gasteiger partial charge in [0.2, 0.25) is 0 Å². The first-order chi connectivity index (χ1) is 9.18. The molecule has 0 radical (unpaired) electrons. The summed E-state index contributed by atoms with van der Waals surface area (Å²) >= 11 is 0. The average Bonchev–Trinajstić information content (AvgIpc) is 2.77. The van der Waals surface area contributed by atoms with Crippen molar-refractivity contribution in [2.24, 2.45) is 5.92 Å². The fourth-order valence-corrected chi connectivity index (χ4v) is 2.94. The maximum absolute atomic E-state index is 11.0. The Labute approximate surface area is 115 Å². The summed E-state index contributed by atoms with van der Waals surface area (Å²) in [6.07, 6.45) is 4.23. The van der Waals surface area contributed by atoms with Gasteiger partial charge in [0.15, 0.2) is 0 Å². The van der Waals surface area contributed by atoms with Crippen LogP contribution in [0.3, 0.4) is 0 Å². The average molecular weight is 261 g/mol. The van der Waals surface area contributed by atoms with E-state index in [4.69, 9.17) is 5.11 Å². The summed E-state index contributed by atoms with van der Waals surface area (Å²) in [4.78, 5) is 13.4. The van der Waals surface area contributed by atoms with E-state index in [0.717, 1.165) is 32.4 Å². The van der Waals surface area contributed by atoms with Crippen molar-refractivity contribution in [2.45, 2.75) is 38.6 Å². The van der Waals surface area contributed by atoms with Crippen LogP contribution in [0.25, 0.3) is 0 Å². The molecule has 1 aromatic rings. The molecule has 2 rings (SSSR count). The first kappa shape index (κ1) is 14.1. The molecule has 0 aromatic heterocycles. The molecule has 1 heterocycles. The number of aryl methyl sites for hydroxylation is 1. The Kier molecular flexibility index (Phi) is 4.97. The Morgan fingerprint density at radius 1 is 1.32 bits per heavy atom. The van der Waals surface area contributed by atoms with Crippen LogP contribution in [-0.4, -0.2) is 35.1 Å². The number of hydrogen-bond acceptors (Lipinski definition) is 2. The van der Waals surface area contributed by atoms with E-state index in [1.54, 1.807) is 0 Å². The van der Waals surface area contributed by atoms with Gasteiger partial charge < -0.3 is 5.11 Å². The third-order valence-electron chi connectivity index (χ3n) is 4.21. The Morgan fingerprint density at radius 2 is 2.05 bits per heavy atom. The van der Waals surface area contributed by atoms with Gasteiger partial charge in [-0.3, -0.25) is 9.69 Å². The second-order valence-electron chi connectivity index (χ2n) is 5.45. The molecule has 0 amide bonds. The predicted octanol–water partition coefficient (Wildman–Crippen LogP) is 2.80. The Hall–Kier alpha value is -1.35. The third kappa shape index (κ3) is 3.80. The van der Waals surface area contributed by atoms with Gasteiger partial charge in [-0.15, -0.1) is 0 Å². The normalized spacial score (nSPS) is 23.6. The minimum Gasteiger partial charge on any atom is -0.481 e. The molecule has 1 aliphatic rings. The Morgan fingerprint density at radius 3 is 2.68 bits per heavy atom. The number of carboxylic acid groups (broad SMARTS) is 1. The highest BCUT2D eigenvalue weighted by molar-refractivity contribution is 5.71. The molecule has 19 heavy (non-hydrogen) atoms. The third-order valence-corrected chi connectivity index (χ3v) is 4.21. The summed E-state index contributed by atoms with van der Waals surface area (Å²) in [5, 5.41) is 9.10. The van der Waals surface area contributed by atoms with Crippen molar-refractivity contribution in [3.8, 4) is 0 Å². The monoisotopic (exact) mass is 261 g/mol. The molecule has 0 spiro atoms. The quantitative estimate of drug-likeness (QED) is 0.800. The van der Waals surface area contributed by atoms with Crippen molar-refractivity contribution in [1.82, 2.24) is 4.90 Å². The predicted molar refractivity (Wildman–Crippen MR) is 76.2 cm³/mol. The summed E-state index contributed by atoms with van der Waals surface area (Å²) in [6, 6.07) is 10.7. The molecule has 2 atom stereocenters. The topological polar surface area (TPSA) is 40.5 Å². The maximum Gasteiger partial charge on any atom is 0.308 e. The summed E-state index contributed by atoms with van der Waals surface area (Å²) in [5.41, 5.74) is 1.39. The maximum atomic E-state index is 11.0. The van der Waals surface area contributed by atoms with Crippen molar-refractivity contribution >= 4 is 5.97 Å². The summed E-state index contributed by atoms with van der Waals surface area (Å²) in [7, 11) is 0. The molecule has 104 valence electrons. The molecule has 0 aliphatic carbocycles. The van der Waals surface area contributed by atoms with Crippen LogP contribution in [-0.2, 0) is 11.2 Å². The van der Waals surface area contributed by atoms with Gasteiger partial charge in [-0.2, -0.15) is 0 Å². The van der Waals surface area contributed by atoms with E-state index in [-0.39, 0.29) is 12.0 Å². The molecule has 1 aromatic carbocycles. The van der Waals surface area contributed by atoms with Crippen LogP contribution in [0.5, 0.6) is 0 Å². The van der Waals surface area contributed by atoms with Gasteiger partial charge in [0, 0.05) is 6.04 Å². The molecule has 2 unspecified atom stereocenters. The first-order valence-corrected chi connectivity index (χ1v) is 7.19. The van der Waals surface area contributed by atoms with E-state index in [2.05, 4.69) is 29.2 Å². The molecule has 1 N–H and O–H groups in total. The zero-order valence-corrected chi connectivity index (χ0v) is 11.6. The van der Waals surface area contributed by atoms with Gasteiger partial charge >= 0.3 is 5.97 Å². The fourth-order valence-electron chi connectivity index (χ4n) is 2.94. The highest BCUT2D eigenvalue weighted by atomic mass is 16.4. The van der Waals surface area contributed by atoms with Gasteiger partial charge in [-0.1, -0.05) is 30.3 Å². The number of carbonyl (C=O) groups is 1. The number of aliphatic carboxylic acids is 1. The molecular weight excluding hydrogens is 238 g/mol. The highest BCUT2D eigenvalue weighted by Crippen LogP contribution is 2.24. The number of benzene rings is 1. The number of unbranched alkanes of at least 4 members (excludes halogenated alkanes) is 1. The molecule has 0 bridgehead atoms. The number of hydrogen-bond donors (Lipinski definition) is 1. The molecule has 0 saturated carbocycles. The minimum atomic E-state index is -0.640. The molecule has 3 nitrogen and oxygen atoms in total. The van der Waals surface area contributed by atoms with Crippen molar-refractivity contribution in [1.29, 1.82) is 0 Å². The Bertz CT molecular complexity index is 404. The van der Waals surface area contributed by atoms with Crippen molar-refractivity contribution in [3.63, 3.8) is 0 Å². The molecule has 3 heteroatoms. The summed E-state index contributed by atoms with van der Waals surface area (Å²) < 4.78 is 0. The van der Waals surface area contributed by atoms with Crippen LogP contribution in [0.2, 0.25) is 0 Å². The van der Waals surface area contributed by atoms with E-state index in [1.165, 1.54) is 12.0 Å². The lowest BCUT2D eigenvalue weighted by molar-refractivity contribution is -0.142. The van der Waals surface area contributed by atoms with Gasteiger partial charge in [0.05, 0.1) is 5.92 Å². The van der Waals surface area contributed by atoms with Crippen molar-refractivity contribution < 1.29 is 9.90 Å². The number of likely N-dealkylation sites (tertiary alicyclic amines) is 1. The van der Waals surface area contributed by atoms with Crippen LogP contribution in [0.1, 0.15) is 31.7 Å². The Balaban J connectivity index is 1.68. The number of carboxylic acids is 1. The second kappa shape index (κ2) is 6.71. The zero-order valence-electron chi connectivity index (χ0n) is 11.6. The summed E-state index contributed by atoms with van der Waals surface area (Å²) in [5.74, 6) is -0.812. The molecular formula is C16H23NO2. The van der Waals surface area contributed by atoms with Crippen LogP contribution < -0.4 is 0 Å². The van der Waals surface area contributed by atoms with Crippen LogP contribution in [0, 0.1) is 5.92 Å². The lowest BCUT2D eigenvalue weighted by Gasteiger charge is -2.22. The van der Waals surface area contributed by atoms with Gasteiger partial charge in [-0.05, 0) is 51.3 Å². The van der Waals surface area contributed by atoms with Gasteiger partial charge in [0.1, 0.15) is 0 Å². The van der Waals surface area contributed by atoms with Crippen molar-refractivity contribution in [3.05, 3.63) is 35.9 Å². The van der Waals surface area contributed by atoms with Crippen LogP contribution in [0.15, 0.2) is 30.3 Å². The van der Waals surface area contributed by atoms with Gasteiger partial charge in [-0.25, -0.2) is 0 Å². The standard InChI is InChI=1S/C16H23NO2/c1-13-15(16(18)19)10-12-17(13)11-6-5-9-14-7-3-2-4-8-14/h2-4,7-8,13,15H,5-6,9-12H2,1H3,(H,18,19). The smallest absolute Gasteiger partial charge is 0.308 e. The number of rotatable bonds is 6. The summed E-state index contributed by atoms with van der Waals surface area (Å²) in [6.45, 7) is 4.00. The van der Waals surface area contributed by atoms with E-state index < -0.39 is 5.97 Å². The van der Waals surface area contributed by atoms with E-state index >= 15 is 0 Å². The zero-order chi connectivity index (χ0) is 13.7. The fraction of sp³-hybridized carbons (Fsp3) is 0.562. The largest absolute Gasteiger partial charge is 0.481 e. The van der Waals surface area contributed by atoms with Crippen LogP contribution >= 0.6 is 0 Å². The van der Waals surface area contributed by atoms with Crippen LogP contribution in [0.4, 0.5) is 0 Å². The van der Waals surface area contributed by atoms with E-state index in [9.17, 15) is 4.79 Å². The van der Waals surface area contributed by atoms with Crippen molar-refractivity contribution in [2.75, 3.05) is 13.1 Å². The number of nitrogens with zero attached hydrogens (tertiary/aromatic N) is 1. The second-order valence-corrected chi connectivity index (χ2v) is 5.45. The molecule has 1 saturated heterocycles.